The van der Waals surface area contributed by atoms with Gasteiger partial charge in [-0.05, 0) is 62.8 Å². The molecule has 0 unspecified atom stereocenters. The highest BCUT2D eigenvalue weighted by molar-refractivity contribution is 5.93. The van der Waals surface area contributed by atoms with E-state index in [0.717, 1.165) is 63.0 Å². The highest BCUT2D eigenvalue weighted by atomic mass is 16.2. The Morgan fingerprint density at radius 3 is 1.93 bits per heavy atom. The lowest BCUT2D eigenvalue weighted by Crippen LogP contribution is -2.39. The van der Waals surface area contributed by atoms with Crippen molar-refractivity contribution in [3.63, 3.8) is 0 Å². The van der Waals surface area contributed by atoms with Crippen molar-refractivity contribution < 1.29 is 9.59 Å². The minimum atomic E-state index is 0.00776. The fourth-order valence-corrected chi connectivity index (χ4v) is 3.82. The molecular formula is C22H35N3O2. The van der Waals surface area contributed by atoms with Gasteiger partial charge in [0, 0.05) is 50.4 Å². The molecular weight excluding hydrogens is 338 g/mol. The monoisotopic (exact) mass is 373 g/mol. The van der Waals surface area contributed by atoms with Crippen molar-refractivity contribution >= 4 is 23.2 Å². The van der Waals surface area contributed by atoms with Gasteiger partial charge in [0.25, 0.3) is 0 Å². The molecule has 1 aliphatic rings. The fraction of sp³-hybridized carbons (Fsp3) is 0.636. The molecule has 0 spiro atoms. The topological polar surface area (TPSA) is 52.7 Å². The lowest BCUT2D eigenvalue weighted by atomic mass is 9.80. The standard InChI is InChI=1S/C22H35N3O2/c1-5-15-25(16-6-2)22(27)18-9-7-17(8-10-18)21(26)23-19-11-13-20(14-12-19)24(3)4/h11-14,17-18H,5-10,15-16H2,1-4H3,(H,23,26). The van der Waals surface area contributed by atoms with Crippen LogP contribution in [0.1, 0.15) is 52.4 Å². The van der Waals surface area contributed by atoms with E-state index in [9.17, 15) is 9.59 Å². The number of anilines is 2. The number of nitrogens with zero attached hydrogens (tertiary/aromatic N) is 2. The van der Waals surface area contributed by atoms with Crippen molar-refractivity contribution in [2.24, 2.45) is 11.8 Å². The van der Waals surface area contributed by atoms with E-state index in [-0.39, 0.29) is 23.7 Å². The molecule has 0 atom stereocenters. The minimum Gasteiger partial charge on any atom is -0.378 e. The van der Waals surface area contributed by atoms with E-state index in [1.165, 1.54) is 0 Å². The van der Waals surface area contributed by atoms with E-state index < -0.39 is 0 Å². The Kier molecular flexibility index (Phi) is 8.14. The maximum atomic E-state index is 12.8. The van der Waals surface area contributed by atoms with Crippen LogP contribution in [0.15, 0.2) is 24.3 Å². The number of rotatable bonds is 8. The molecule has 1 N–H and O–H groups in total. The van der Waals surface area contributed by atoms with Gasteiger partial charge in [0.2, 0.25) is 11.8 Å². The van der Waals surface area contributed by atoms with Crippen molar-refractivity contribution in [3.05, 3.63) is 24.3 Å². The molecule has 0 bridgehead atoms. The van der Waals surface area contributed by atoms with Gasteiger partial charge in [-0.1, -0.05) is 13.8 Å². The zero-order valence-electron chi connectivity index (χ0n) is 17.3. The summed E-state index contributed by atoms with van der Waals surface area (Å²) in [5.41, 5.74) is 1.94. The van der Waals surface area contributed by atoms with Gasteiger partial charge in [0.15, 0.2) is 0 Å². The Hall–Kier alpha value is -2.04. The quantitative estimate of drug-likeness (QED) is 0.745. The Labute approximate surface area is 164 Å². The summed E-state index contributed by atoms with van der Waals surface area (Å²) in [7, 11) is 3.99. The smallest absolute Gasteiger partial charge is 0.227 e. The average Bonchev–Trinajstić information content (AvgIpc) is 2.67. The summed E-state index contributed by atoms with van der Waals surface area (Å²) < 4.78 is 0. The number of hydrogen-bond donors (Lipinski definition) is 1. The highest BCUT2D eigenvalue weighted by Gasteiger charge is 2.31. The molecule has 0 aromatic heterocycles. The first-order chi connectivity index (χ1) is 13.0. The molecule has 0 radical (unpaired) electrons. The normalized spacial score (nSPS) is 19.4. The number of amides is 2. The van der Waals surface area contributed by atoms with Crippen molar-refractivity contribution in [1.82, 2.24) is 4.90 Å². The maximum Gasteiger partial charge on any atom is 0.227 e. The summed E-state index contributed by atoms with van der Waals surface area (Å²) in [4.78, 5) is 29.4. The van der Waals surface area contributed by atoms with Gasteiger partial charge in [-0.15, -0.1) is 0 Å². The van der Waals surface area contributed by atoms with E-state index in [0.29, 0.717) is 0 Å². The van der Waals surface area contributed by atoms with Gasteiger partial charge in [-0.3, -0.25) is 9.59 Å². The van der Waals surface area contributed by atoms with Gasteiger partial charge in [-0.2, -0.15) is 0 Å². The van der Waals surface area contributed by atoms with Gasteiger partial charge < -0.3 is 15.1 Å². The van der Waals surface area contributed by atoms with E-state index in [1.807, 2.05) is 48.2 Å². The van der Waals surface area contributed by atoms with Crippen molar-refractivity contribution in [3.8, 4) is 0 Å². The summed E-state index contributed by atoms with van der Waals surface area (Å²) in [6.45, 7) is 5.91. The maximum absolute atomic E-state index is 12.8. The molecule has 1 fully saturated rings. The van der Waals surface area contributed by atoms with Crippen molar-refractivity contribution in [2.45, 2.75) is 52.4 Å². The van der Waals surface area contributed by atoms with Gasteiger partial charge in [-0.25, -0.2) is 0 Å². The first kappa shape index (κ1) is 21.3. The zero-order chi connectivity index (χ0) is 19.8. The van der Waals surface area contributed by atoms with Crippen molar-refractivity contribution in [2.75, 3.05) is 37.4 Å². The molecule has 2 rings (SSSR count). The van der Waals surface area contributed by atoms with Crippen LogP contribution < -0.4 is 10.2 Å². The SMILES string of the molecule is CCCN(CCC)C(=O)C1CCC(C(=O)Nc2ccc(N(C)C)cc2)CC1. The molecule has 27 heavy (non-hydrogen) atoms. The summed E-state index contributed by atoms with van der Waals surface area (Å²) >= 11 is 0. The van der Waals surface area contributed by atoms with Crippen LogP contribution >= 0.6 is 0 Å². The summed E-state index contributed by atoms with van der Waals surface area (Å²) in [5.74, 6) is 0.467. The first-order valence-corrected chi connectivity index (χ1v) is 10.3. The summed E-state index contributed by atoms with van der Waals surface area (Å²) in [6.07, 6.45) is 5.22. The Balaban J connectivity index is 1.85. The third kappa shape index (κ3) is 5.98. The Bertz CT molecular complexity index is 598. The van der Waals surface area contributed by atoms with Crippen LogP contribution in [0.2, 0.25) is 0 Å². The second kappa shape index (κ2) is 10.3. The van der Waals surface area contributed by atoms with Gasteiger partial charge in [0.05, 0.1) is 0 Å². The molecule has 1 aromatic rings. The predicted octanol–water partition coefficient (Wildman–Crippen LogP) is 4.15. The van der Waals surface area contributed by atoms with E-state index in [4.69, 9.17) is 0 Å². The molecule has 2 amide bonds. The summed E-state index contributed by atoms with van der Waals surface area (Å²) in [6, 6.07) is 7.88. The lowest BCUT2D eigenvalue weighted by Gasteiger charge is -2.31. The molecule has 150 valence electrons. The van der Waals surface area contributed by atoms with E-state index in [1.54, 1.807) is 0 Å². The Morgan fingerprint density at radius 2 is 1.44 bits per heavy atom. The van der Waals surface area contributed by atoms with Gasteiger partial charge in [0.1, 0.15) is 0 Å². The number of carbonyl (C=O) groups excluding carboxylic acids is 2. The van der Waals surface area contributed by atoms with E-state index >= 15 is 0 Å². The molecule has 1 aliphatic carbocycles. The lowest BCUT2D eigenvalue weighted by molar-refractivity contribution is -0.138. The largest absolute Gasteiger partial charge is 0.378 e. The van der Waals surface area contributed by atoms with Crippen LogP contribution in [0.5, 0.6) is 0 Å². The third-order valence-electron chi connectivity index (χ3n) is 5.40. The molecule has 5 heteroatoms. The van der Waals surface area contributed by atoms with Crippen LogP contribution in [0, 0.1) is 11.8 Å². The van der Waals surface area contributed by atoms with Crippen LogP contribution in [0.3, 0.4) is 0 Å². The molecule has 1 aromatic carbocycles. The first-order valence-electron chi connectivity index (χ1n) is 10.3. The summed E-state index contributed by atoms with van der Waals surface area (Å²) in [5, 5.41) is 3.03. The van der Waals surface area contributed by atoms with Gasteiger partial charge >= 0.3 is 0 Å². The average molecular weight is 374 g/mol. The van der Waals surface area contributed by atoms with Crippen LogP contribution in [0.4, 0.5) is 11.4 Å². The number of nitrogens with one attached hydrogen (secondary N) is 1. The van der Waals surface area contributed by atoms with Crippen molar-refractivity contribution in [1.29, 1.82) is 0 Å². The second-order valence-corrected chi connectivity index (χ2v) is 7.80. The van der Waals surface area contributed by atoms with Crippen LogP contribution in [0.25, 0.3) is 0 Å². The van der Waals surface area contributed by atoms with Crippen LogP contribution in [-0.2, 0) is 9.59 Å². The molecule has 0 aliphatic heterocycles. The molecule has 0 saturated heterocycles. The molecule has 1 saturated carbocycles. The third-order valence-corrected chi connectivity index (χ3v) is 5.40. The highest BCUT2D eigenvalue weighted by Crippen LogP contribution is 2.31. The van der Waals surface area contributed by atoms with E-state index in [2.05, 4.69) is 19.2 Å². The Morgan fingerprint density at radius 1 is 0.926 bits per heavy atom. The second-order valence-electron chi connectivity index (χ2n) is 7.80. The molecule has 5 nitrogen and oxygen atoms in total. The number of carbonyl (C=O) groups is 2. The minimum absolute atomic E-state index is 0.00776. The number of benzene rings is 1. The fourth-order valence-electron chi connectivity index (χ4n) is 3.82. The zero-order valence-corrected chi connectivity index (χ0v) is 17.3. The molecule has 0 heterocycles. The number of hydrogen-bond acceptors (Lipinski definition) is 3. The predicted molar refractivity (Wildman–Crippen MR) is 112 cm³/mol. The van der Waals surface area contributed by atoms with Crippen LogP contribution in [-0.4, -0.2) is 43.9 Å².